The zero-order chi connectivity index (χ0) is 21.7. The highest BCUT2D eigenvalue weighted by atomic mass is 32.2. The summed E-state index contributed by atoms with van der Waals surface area (Å²) in [6.07, 6.45) is 3.85. The first kappa shape index (κ1) is 22.3. The molecule has 1 aliphatic rings. The summed E-state index contributed by atoms with van der Waals surface area (Å²) < 4.78 is 33.5. The SMILES string of the molecule is COc1ccccc1CN(C)C(=O)c1ccc(C)c(S(=O)(=O)N2CCCCCC2)c1. The molecule has 3 rings (SSSR count). The van der Waals surface area contributed by atoms with Crippen LogP contribution >= 0.6 is 0 Å². The van der Waals surface area contributed by atoms with Crippen LogP contribution in [0.5, 0.6) is 5.75 Å². The van der Waals surface area contributed by atoms with Crippen LogP contribution in [-0.2, 0) is 16.6 Å². The monoisotopic (exact) mass is 430 g/mol. The second-order valence-electron chi connectivity index (χ2n) is 7.77. The van der Waals surface area contributed by atoms with Gasteiger partial charge >= 0.3 is 0 Å². The highest BCUT2D eigenvalue weighted by Crippen LogP contribution is 2.25. The first-order chi connectivity index (χ1) is 14.3. The summed E-state index contributed by atoms with van der Waals surface area (Å²) in [4.78, 5) is 14.8. The molecule has 1 aliphatic heterocycles. The Hall–Kier alpha value is -2.38. The van der Waals surface area contributed by atoms with E-state index in [1.165, 1.54) is 6.07 Å². The van der Waals surface area contributed by atoms with Crippen molar-refractivity contribution >= 4 is 15.9 Å². The predicted octanol–water partition coefficient (Wildman–Crippen LogP) is 3.84. The van der Waals surface area contributed by atoms with Crippen molar-refractivity contribution in [2.24, 2.45) is 0 Å². The van der Waals surface area contributed by atoms with E-state index in [1.54, 1.807) is 42.4 Å². The lowest BCUT2D eigenvalue weighted by Crippen LogP contribution is -2.33. The highest BCUT2D eigenvalue weighted by molar-refractivity contribution is 7.89. The van der Waals surface area contributed by atoms with Gasteiger partial charge in [0.2, 0.25) is 10.0 Å². The third kappa shape index (κ3) is 4.84. The van der Waals surface area contributed by atoms with Gasteiger partial charge in [-0.25, -0.2) is 8.42 Å². The maximum Gasteiger partial charge on any atom is 0.253 e. The Labute approximate surface area is 179 Å². The zero-order valence-electron chi connectivity index (χ0n) is 17.9. The molecule has 0 atom stereocenters. The topological polar surface area (TPSA) is 66.9 Å². The average Bonchev–Trinajstić information content (AvgIpc) is 3.04. The van der Waals surface area contributed by atoms with Gasteiger partial charge in [0.1, 0.15) is 5.75 Å². The molecule has 1 saturated heterocycles. The number of aryl methyl sites for hydroxylation is 1. The molecule has 0 aliphatic carbocycles. The number of benzene rings is 2. The van der Waals surface area contributed by atoms with E-state index in [1.807, 2.05) is 24.3 Å². The van der Waals surface area contributed by atoms with E-state index in [0.29, 0.717) is 36.5 Å². The fourth-order valence-electron chi connectivity index (χ4n) is 3.81. The summed E-state index contributed by atoms with van der Waals surface area (Å²) in [6, 6.07) is 12.5. The number of ether oxygens (including phenoxy) is 1. The maximum atomic E-state index is 13.3. The smallest absolute Gasteiger partial charge is 0.253 e. The maximum absolute atomic E-state index is 13.3. The largest absolute Gasteiger partial charge is 0.496 e. The molecule has 0 N–H and O–H groups in total. The fourth-order valence-corrected chi connectivity index (χ4v) is 5.58. The third-order valence-corrected chi connectivity index (χ3v) is 7.61. The van der Waals surface area contributed by atoms with Crippen LogP contribution in [0.2, 0.25) is 0 Å². The van der Waals surface area contributed by atoms with Crippen LogP contribution < -0.4 is 4.74 Å². The van der Waals surface area contributed by atoms with Crippen LogP contribution in [0.3, 0.4) is 0 Å². The number of sulfonamides is 1. The number of methoxy groups -OCH3 is 1. The number of rotatable bonds is 6. The minimum absolute atomic E-state index is 0.223. The Bertz CT molecular complexity index is 996. The molecule has 2 aromatic carbocycles. The van der Waals surface area contributed by atoms with Crippen LogP contribution in [0, 0.1) is 6.92 Å². The second kappa shape index (κ2) is 9.62. The molecule has 0 radical (unpaired) electrons. The summed E-state index contributed by atoms with van der Waals surface area (Å²) in [5.41, 5.74) is 1.91. The molecule has 1 heterocycles. The summed E-state index contributed by atoms with van der Waals surface area (Å²) in [5.74, 6) is 0.485. The summed E-state index contributed by atoms with van der Waals surface area (Å²) in [7, 11) is -0.321. The van der Waals surface area contributed by atoms with Crippen molar-refractivity contribution in [1.29, 1.82) is 0 Å². The Morgan fingerprint density at radius 2 is 1.73 bits per heavy atom. The lowest BCUT2D eigenvalue weighted by Gasteiger charge is -2.22. The number of hydrogen-bond acceptors (Lipinski definition) is 4. The molecule has 0 spiro atoms. The van der Waals surface area contributed by atoms with E-state index >= 15 is 0 Å². The molecular weight excluding hydrogens is 400 g/mol. The minimum atomic E-state index is -3.62. The molecular formula is C23H30N2O4S. The minimum Gasteiger partial charge on any atom is -0.496 e. The van der Waals surface area contributed by atoms with Crippen molar-refractivity contribution in [2.75, 3.05) is 27.2 Å². The van der Waals surface area contributed by atoms with Crippen molar-refractivity contribution < 1.29 is 17.9 Å². The van der Waals surface area contributed by atoms with Crippen molar-refractivity contribution in [1.82, 2.24) is 9.21 Å². The summed E-state index contributed by atoms with van der Waals surface area (Å²) >= 11 is 0. The van der Waals surface area contributed by atoms with Gasteiger partial charge in [-0.15, -0.1) is 0 Å². The molecule has 0 unspecified atom stereocenters. The number of amides is 1. The van der Waals surface area contributed by atoms with Crippen LogP contribution in [0.15, 0.2) is 47.4 Å². The van der Waals surface area contributed by atoms with Crippen LogP contribution in [0.1, 0.15) is 47.2 Å². The third-order valence-electron chi connectivity index (χ3n) is 5.56. The number of carbonyl (C=O) groups is 1. The predicted molar refractivity (Wildman–Crippen MR) is 117 cm³/mol. The molecule has 1 amide bonds. The molecule has 0 saturated carbocycles. The van der Waals surface area contributed by atoms with Crippen molar-refractivity contribution in [2.45, 2.75) is 44.0 Å². The van der Waals surface area contributed by atoms with E-state index in [-0.39, 0.29) is 10.8 Å². The summed E-state index contributed by atoms with van der Waals surface area (Å²) in [5, 5.41) is 0. The molecule has 2 aromatic rings. The van der Waals surface area contributed by atoms with Gasteiger partial charge in [0.05, 0.1) is 12.0 Å². The normalized spacial score (nSPS) is 15.4. The Kier molecular flexibility index (Phi) is 7.15. The van der Waals surface area contributed by atoms with E-state index in [9.17, 15) is 13.2 Å². The van der Waals surface area contributed by atoms with Gasteiger partial charge < -0.3 is 9.64 Å². The Balaban J connectivity index is 1.85. The van der Waals surface area contributed by atoms with Gasteiger partial charge in [0, 0.05) is 37.8 Å². The molecule has 7 heteroatoms. The zero-order valence-corrected chi connectivity index (χ0v) is 18.7. The Morgan fingerprint density at radius 3 is 2.40 bits per heavy atom. The van der Waals surface area contributed by atoms with Gasteiger partial charge in [-0.3, -0.25) is 4.79 Å². The van der Waals surface area contributed by atoms with Crippen molar-refractivity contribution in [3.05, 3.63) is 59.2 Å². The van der Waals surface area contributed by atoms with E-state index in [2.05, 4.69) is 0 Å². The van der Waals surface area contributed by atoms with Gasteiger partial charge in [0.15, 0.2) is 0 Å². The van der Waals surface area contributed by atoms with Crippen molar-refractivity contribution in [3.8, 4) is 5.75 Å². The first-order valence-electron chi connectivity index (χ1n) is 10.3. The lowest BCUT2D eigenvalue weighted by molar-refractivity contribution is 0.0784. The molecule has 0 bridgehead atoms. The van der Waals surface area contributed by atoms with Gasteiger partial charge in [0.25, 0.3) is 5.91 Å². The fraction of sp³-hybridized carbons (Fsp3) is 0.435. The average molecular weight is 431 g/mol. The molecule has 0 aromatic heterocycles. The number of para-hydroxylation sites is 1. The van der Waals surface area contributed by atoms with Gasteiger partial charge in [-0.05, 0) is 43.5 Å². The first-order valence-corrected chi connectivity index (χ1v) is 11.8. The molecule has 1 fully saturated rings. The standard InChI is InChI=1S/C23H30N2O4S/c1-18-12-13-19(16-22(18)30(27,28)25-14-8-4-5-9-15-25)23(26)24(2)17-20-10-6-7-11-21(20)29-3/h6-7,10-13,16H,4-5,8-9,14-15,17H2,1-3H3. The molecule has 30 heavy (non-hydrogen) atoms. The van der Waals surface area contributed by atoms with Gasteiger partial charge in [-0.1, -0.05) is 37.1 Å². The highest BCUT2D eigenvalue weighted by Gasteiger charge is 2.28. The van der Waals surface area contributed by atoms with Gasteiger partial charge in [-0.2, -0.15) is 4.31 Å². The van der Waals surface area contributed by atoms with Crippen LogP contribution in [0.4, 0.5) is 0 Å². The lowest BCUT2D eigenvalue weighted by atomic mass is 10.1. The molecule has 6 nitrogen and oxygen atoms in total. The second-order valence-corrected chi connectivity index (χ2v) is 9.68. The van der Waals surface area contributed by atoms with E-state index < -0.39 is 10.0 Å². The number of carbonyl (C=O) groups excluding carboxylic acids is 1. The van der Waals surface area contributed by atoms with Crippen LogP contribution in [0.25, 0.3) is 0 Å². The number of hydrogen-bond donors (Lipinski definition) is 0. The quantitative estimate of drug-likeness (QED) is 0.698. The summed E-state index contributed by atoms with van der Waals surface area (Å²) in [6.45, 7) is 3.21. The van der Waals surface area contributed by atoms with E-state index in [0.717, 1.165) is 31.2 Å². The van der Waals surface area contributed by atoms with Crippen LogP contribution in [-0.4, -0.2) is 50.8 Å². The van der Waals surface area contributed by atoms with Crippen molar-refractivity contribution in [3.63, 3.8) is 0 Å². The van der Waals surface area contributed by atoms with E-state index in [4.69, 9.17) is 4.74 Å². The Morgan fingerprint density at radius 1 is 1.07 bits per heavy atom. The molecule has 162 valence electrons. The number of nitrogens with zero attached hydrogens (tertiary/aromatic N) is 2.